The highest BCUT2D eigenvalue weighted by molar-refractivity contribution is 7.13. The molecule has 3 aromatic rings. The smallest absolute Gasteiger partial charge is 0.311 e. The molecule has 1 fully saturated rings. The van der Waals surface area contributed by atoms with Gasteiger partial charge in [0.05, 0.1) is 18.7 Å². The number of ether oxygens (including phenoxy) is 1. The number of esters is 1. The van der Waals surface area contributed by atoms with E-state index < -0.39 is 0 Å². The maximum absolute atomic E-state index is 12.7. The molecule has 1 aliphatic rings. The minimum Gasteiger partial charge on any atom is -0.466 e. The van der Waals surface area contributed by atoms with E-state index in [1.54, 1.807) is 24.8 Å². The second kappa shape index (κ2) is 9.86. The number of imidazole rings is 1. The molecular formula is C21H25N7O3S. The van der Waals surface area contributed by atoms with Crippen molar-refractivity contribution in [2.45, 2.75) is 33.1 Å². The number of aromatic nitrogens is 5. The van der Waals surface area contributed by atoms with Gasteiger partial charge in [-0.1, -0.05) is 0 Å². The second-order valence-corrected chi connectivity index (χ2v) is 8.31. The van der Waals surface area contributed by atoms with Gasteiger partial charge in [0.2, 0.25) is 5.91 Å². The van der Waals surface area contributed by atoms with Gasteiger partial charge in [0.15, 0.2) is 5.13 Å². The molecular weight excluding hydrogens is 430 g/mol. The van der Waals surface area contributed by atoms with Crippen molar-refractivity contribution < 1.29 is 14.3 Å². The number of thiazole rings is 1. The molecule has 0 radical (unpaired) electrons. The summed E-state index contributed by atoms with van der Waals surface area (Å²) in [5, 5.41) is 5.16. The first-order valence-electron chi connectivity index (χ1n) is 10.5. The van der Waals surface area contributed by atoms with Gasteiger partial charge < -0.3 is 15.0 Å². The van der Waals surface area contributed by atoms with E-state index in [4.69, 9.17) is 4.74 Å². The van der Waals surface area contributed by atoms with E-state index in [0.717, 1.165) is 43.4 Å². The van der Waals surface area contributed by atoms with Crippen LogP contribution in [0.2, 0.25) is 0 Å². The van der Waals surface area contributed by atoms with Gasteiger partial charge >= 0.3 is 5.97 Å². The molecule has 10 nitrogen and oxygen atoms in total. The first kappa shape index (κ1) is 21.9. The molecule has 0 bridgehead atoms. The van der Waals surface area contributed by atoms with Crippen LogP contribution in [0.4, 0.5) is 10.9 Å². The number of aryl methyl sites for hydroxylation is 1. The molecule has 0 atom stereocenters. The van der Waals surface area contributed by atoms with Crippen LogP contribution in [0, 0.1) is 12.8 Å². The summed E-state index contributed by atoms with van der Waals surface area (Å²) < 4.78 is 6.84. The maximum Gasteiger partial charge on any atom is 0.311 e. The number of hydrogen-bond acceptors (Lipinski definition) is 9. The van der Waals surface area contributed by atoms with E-state index in [0.29, 0.717) is 17.4 Å². The fourth-order valence-corrected chi connectivity index (χ4v) is 4.36. The van der Waals surface area contributed by atoms with Gasteiger partial charge in [0.1, 0.15) is 23.8 Å². The fourth-order valence-electron chi connectivity index (χ4n) is 3.65. The first-order chi connectivity index (χ1) is 15.5. The van der Waals surface area contributed by atoms with Crippen LogP contribution in [0.5, 0.6) is 0 Å². The predicted molar refractivity (Wildman–Crippen MR) is 120 cm³/mol. The minimum absolute atomic E-state index is 0.0425. The van der Waals surface area contributed by atoms with Gasteiger partial charge in [0.25, 0.3) is 0 Å². The molecule has 4 rings (SSSR count). The Morgan fingerprint density at radius 2 is 2.00 bits per heavy atom. The summed E-state index contributed by atoms with van der Waals surface area (Å²) in [5.74, 6) is 2.01. The van der Waals surface area contributed by atoms with Crippen molar-refractivity contribution in [1.82, 2.24) is 24.5 Å². The molecule has 0 aromatic carbocycles. The number of amides is 1. The number of carbonyl (C=O) groups is 2. The molecule has 0 unspecified atom stereocenters. The van der Waals surface area contributed by atoms with Crippen molar-refractivity contribution in [2.75, 3.05) is 29.9 Å². The van der Waals surface area contributed by atoms with E-state index >= 15 is 0 Å². The Morgan fingerprint density at radius 1 is 1.22 bits per heavy atom. The zero-order valence-corrected chi connectivity index (χ0v) is 18.8. The van der Waals surface area contributed by atoms with Crippen LogP contribution in [0.15, 0.2) is 30.2 Å². The van der Waals surface area contributed by atoms with Gasteiger partial charge in [-0.05, 0) is 26.7 Å². The third kappa shape index (κ3) is 5.10. The highest BCUT2D eigenvalue weighted by Crippen LogP contribution is 2.25. The van der Waals surface area contributed by atoms with Crippen LogP contribution < -0.4 is 10.2 Å². The lowest BCUT2D eigenvalue weighted by atomic mass is 9.96. The molecule has 1 amide bonds. The van der Waals surface area contributed by atoms with Crippen LogP contribution in [0.25, 0.3) is 5.82 Å². The number of piperidine rings is 1. The van der Waals surface area contributed by atoms with Gasteiger partial charge in [-0.3, -0.25) is 14.2 Å². The summed E-state index contributed by atoms with van der Waals surface area (Å²) in [6.45, 7) is 5.48. The molecule has 4 heterocycles. The van der Waals surface area contributed by atoms with Crippen molar-refractivity contribution >= 4 is 34.2 Å². The molecule has 0 spiro atoms. The third-order valence-corrected chi connectivity index (χ3v) is 6.12. The second-order valence-electron chi connectivity index (χ2n) is 7.46. The van der Waals surface area contributed by atoms with Crippen molar-refractivity contribution in [1.29, 1.82) is 0 Å². The Bertz CT molecular complexity index is 1090. The Labute approximate surface area is 189 Å². The van der Waals surface area contributed by atoms with E-state index in [1.807, 2.05) is 23.8 Å². The summed E-state index contributed by atoms with van der Waals surface area (Å²) in [6.07, 6.45) is 6.71. The number of hydrogen-bond donors (Lipinski definition) is 1. The standard InChI is InChI=1S/C21H25N7O3S/c1-3-31-19(29)10-16-12-32-21(25-16)26-20(30)15-4-7-27(8-5-15)17-11-18(24-13-23-17)28-9-6-22-14(28)2/h6,9,11-13,15H,3-5,7-8,10H2,1-2H3,(H,25,26,30). The molecule has 32 heavy (non-hydrogen) atoms. The average molecular weight is 456 g/mol. The summed E-state index contributed by atoms with van der Waals surface area (Å²) in [6, 6.07) is 1.94. The summed E-state index contributed by atoms with van der Waals surface area (Å²) >= 11 is 1.32. The monoisotopic (exact) mass is 455 g/mol. The van der Waals surface area contributed by atoms with Crippen molar-refractivity contribution in [3.63, 3.8) is 0 Å². The Morgan fingerprint density at radius 3 is 2.72 bits per heavy atom. The Balaban J connectivity index is 1.31. The molecule has 3 aromatic heterocycles. The molecule has 1 aliphatic heterocycles. The largest absolute Gasteiger partial charge is 0.466 e. The predicted octanol–water partition coefficient (Wildman–Crippen LogP) is 2.39. The highest BCUT2D eigenvalue weighted by Gasteiger charge is 2.26. The Kier molecular flexibility index (Phi) is 6.74. The molecule has 1 N–H and O–H groups in total. The lowest BCUT2D eigenvalue weighted by molar-refractivity contribution is -0.142. The van der Waals surface area contributed by atoms with Crippen molar-refractivity contribution in [2.24, 2.45) is 5.92 Å². The average Bonchev–Trinajstić information content (AvgIpc) is 3.42. The van der Waals surface area contributed by atoms with Crippen LogP contribution in [0.1, 0.15) is 31.3 Å². The highest BCUT2D eigenvalue weighted by atomic mass is 32.1. The maximum atomic E-state index is 12.7. The quantitative estimate of drug-likeness (QED) is 0.540. The topological polar surface area (TPSA) is 115 Å². The van der Waals surface area contributed by atoms with Crippen LogP contribution in [-0.4, -0.2) is 56.1 Å². The molecule has 0 saturated carbocycles. The number of anilines is 2. The molecule has 168 valence electrons. The van der Waals surface area contributed by atoms with E-state index in [2.05, 4.69) is 30.2 Å². The number of rotatable bonds is 7. The van der Waals surface area contributed by atoms with Crippen LogP contribution >= 0.6 is 11.3 Å². The summed E-state index contributed by atoms with van der Waals surface area (Å²) in [4.78, 5) is 43.8. The lowest BCUT2D eigenvalue weighted by Gasteiger charge is -2.32. The number of nitrogens with one attached hydrogen (secondary N) is 1. The third-order valence-electron chi connectivity index (χ3n) is 5.31. The van der Waals surface area contributed by atoms with Crippen molar-refractivity contribution in [3.8, 4) is 5.82 Å². The fraction of sp³-hybridized carbons (Fsp3) is 0.429. The summed E-state index contributed by atoms with van der Waals surface area (Å²) in [5.41, 5.74) is 0.603. The number of nitrogens with zero attached hydrogens (tertiary/aromatic N) is 6. The normalized spacial score (nSPS) is 14.4. The summed E-state index contributed by atoms with van der Waals surface area (Å²) in [7, 11) is 0. The van der Waals surface area contributed by atoms with Crippen LogP contribution in [0.3, 0.4) is 0 Å². The van der Waals surface area contributed by atoms with Crippen LogP contribution in [-0.2, 0) is 20.7 Å². The van der Waals surface area contributed by atoms with Gasteiger partial charge in [-0.2, -0.15) is 0 Å². The van der Waals surface area contributed by atoms with Gasteiger partial charge in [0, 0.05) is 42.8 Å². The van der Waals surface area contributed by atoms with Crippen molar-refractivity contribution in [3.05, 3.63) is 41.7 Å². The zero-order chi connectivity index (χ0) is 22.5. The number of carbonyl (C=O) groups excluding carboxylic acids is 2. The van der Waals surface area contributed by atoms with E-state index in [-0.39, 0.29) is 24.2 Å². The van der Waals surface area contributed by atoms with Gasteiger partial charge in [-0.15, -0.1) is 11.3 Å². The van der Waals surface area contributed by atoms with Gasteiger partial charge in [-0.25, -0.2) is 19.9 Å². The lowest BCUT2D eigenvalue weighted by Crippen LogP contribution is -2.38. The molecule has 11 heteroatoms. The Hall–Kier alpha value is -3.34. The van der Waals surface area contributed by atoms with E-state index in [9.17, 15) is 9.59 Å². The molecule has 0 aliphatic carbocycles. The minimum atomic E-state index is -0.320. The van der Waals surface area contributed by atoms with E-state index in [1.165, 1.54) is 11.3 Å². The molecule has 1 saturated heterocycles. The first-order valence-corrected chi connectivity index (χ1v) is 11.4. The zero-order valence-electron chi connectivity index (χ0n) is 18.0. The SMILES string of the molecule is CCOC(=O)Cc1csc(NC(=O)C2CCN(c3cc(-n4ccnc4C)ncn3)CC2)n1.